The molecule has 0 heterocycles. The van der Waals surface area contributed by atoms with Crippen molar-refractivity contribution in [1.29, 1.82) is 0 Å². The van der Waals surface area contributed by atoms with Crippen molar-refractivity contribution in [3.63, 3.8) is 0 Å². The molecular weight excluding hydrogens is 248 g/mol. The van der Waals surface area contributed by atoms with Gasteiger partial charge in [-0.15, -0.1) is 0 Å². The predicted molar refractivity (Wildman–Crippen MR) is 77.8 cm³/mol. The van der Waals surface area contributed by atoms with Crippen molar-refractivity contribution in [3.05, 3.63) is 29.8 Å². The highest BCUT2D eigenvalue weighted by Gasteiger charge is 2.04. The van der Waals surface area contributed by atoms with Gasteiger partial charge in [0.2, 0.25) is 0 Å². The van der Waals surface area contributed by atoms with Gasteiger partial charge < -0.3 is 20.1 Å². The van der Waals surface area contributed by atoms with Crippen LogP contribution in [0.15, 0.2) is 24.3 Å². The first-order valence-electron chi connectivity index (χ1n) is 5.80. The van der Waals surface area contributed by atoms with Crippen LogP contribution in [0.2, 0.25) is 0 Å². The molecule has 0 saturated carbocycles. The van der Waals surface area contributed by atoms with E-state index in [0.29, 0.717) is 18.3 Å². The van der Waals surface area contributed by atoms with Crippen LogP contribution >= 0.6 is 12.2 Å². The van der Waals surface area contributed by atoms with Gasteiger partial charge >= 0.3 is 0 Å². The Morgan fingerprint density at radius 3 is 2.78 bits per heavy atom. The first kappa shape index (κ1) is 14.9. The van der Waals surface area contributed by atoms with Gasteiger partial charge in [0, 0.05) is 25.9 Å². The normalized spacial score (nSPS) is 11.9. The number of ether oxygens (including phenoxy) is 2. The predicted octanol–water partition coefficient (Wildman–Crippen LogP) is 2.15. The zero-order valence-electron chi connectivity index (χ0n) is 11.0. The van der Waals surface area contributed by atoms with Crippen LogP contribution in [0.1, 0.15) is 12.5 Å². The van der Waals surface area contributed by atoms with Crippen LogP contribution in [0.5, 0.6) is 0 Å². The third-order valence-electron chi connectivity index (χ3n) is 2.29. The minimum absolute atomic E-state index is 0.178. The Kier molecular flexibility index (Phi) is 6.64. The third-order valence-corrected chi connectivity index (χ3v) is 2.51. The highest BCUT2D eigenvalue weighted by Crippen LogP contribution is 2.11. The van der Waals surface area contributed by atoms with Crippen molar-refractivity contribution in [2.45, 2.75) is 19.6 Å². The number of hydrogen-bond acceptors (Lipinski definition) is 3. The zero-order valence-corrected chi connectivity index (χ0v) is 11.8. The molecule has 0 spiro atoms. The fourth-order valence-electron chi connectivity index (χ4n) is 1.59. The van der Waals surface area contributed by atoms with Gasteiger partial charge in [0.25, 0.3) is 0 Å². The van der Waals surface area contributed by atoms with E-state index in [9.17, 15) is 0 Å². The summed E-state index contributed by atoms with van der Waals surface area (Å²) in [5, 5.41) is 6.88. The van der Waals surface area contributed by atoms with E-state index in [4.69, 9.17) is 21.7 Å². The molecule has 0 aromatic heterocycles. The molecule has 0 aliphatic rings. The summed E-state index contributed by atoms with van der Waals surface area (Å²) >= 11 is 5.23. The van der Waals surface area contributed by atoms with Crippen LogP contribution in [0.4, 0.5) is 5.69 Å². The molecule has 0 fully saturated rings. The Morgan fingerprint density at radius 1 is 1.33 bits per heavy atom. The van der Waals surface area contributed by atoms with Gasteiger partial charge in [-0.2, -0.15) is 0 Å². The molecule has 1 atom stereocenters. The van der Waals surface area contributed by atoms with E-state index in [-0.39, 0.29) is 6.04 Å². The topological polar surface area (TPSA) is 42.5 Å². The van der Waals surface area contributed by atoms with Crippen LogP contribution in [0.3, 0.4) is 0 Å². The molecule has 0 aliphatic heterocycles. The van der Waals surface area contributed by atoms with E-state index >= 15 is 0 Å². The quantitative estimate of drug-likeness (QED) is 0.774. The van der Waals surface area contributed by atoms with E-state index in [1.165, 1.54) is 0 Å². The summed E-state index contributed by atoms with van der Waals surface area (Å²) in [4.78, 5) is 0. The summed E-state index contributed by atoms with van der Waals surface area (Å²) in [5.41, 5.74) is 2.06. The number of anilines is 1. The van der Waals surface area contributed by atoms with Gasteiger partial charge in [0.05, 0.1) is 13.2 Å². The molecule has 2 N–H and O–H groups in total. The number of hydrogen-bond donors (Lipinski definition) is 2. The maximum Gasteiger partial charge on any atom is 0.171 e. The highest BCUT2D eigenvalue weighted by molar-refractivity contribution is 7.80. The molecule has 5 heteroatoms. The number of methoxy groups -OCH3 is 2. The van der Waals surface area contributed by atoms with Gasteiger partial charge in [0.1, 0.15) is 0 Å². The summed E-state index contributed by atoms with van der Waals surface area (Å²) in [6.45, 7) is 3.22. The van der Waals surface area contributed by atoms with E-state index in [1.807, 2.05) is 31.2 Å². The van der Waals surface area contributed by atoms with E-state index in [1.54, 1.807) is 14.2 Å². The van der Waals surface area contributed by atoms with Crippen molar-refractivity contribution < 1.29 is 9.47 Å². The molecule has 0 bridgehead atoms. The Hall–Kier alpha value is -1.17. The second kappa shape index (κ2) is 8.02. The van der Waals surface area contributed by atoms with Gasteiger partial charge in [0.15, 0.2) is 5.11 Å². The van der Waals surface area contributed by atoms with Crippen LogP contribution in [0.25, 0.3) is 0 Å². The van der Waals surface area contributed by atoms with Crippen molar-refractivity contribution in [1.82, 2.24) is 5.32 Å². The number of rotatable bonds is 6. The summed E-state index contributed by atoms with van der Waals surface area (Å²) in [6.07, 6.45) is 0. The first-order valence-corrected chi connectivity index (χ1v) is 6.21. The van der Waals surface area contributed by atoms with Gasteiger partial charge in [-0.05, 0) is 36.8 Å². The molecule has 0 radical (unpaired) electrons. The highest BCUT2D eigenvalue weighted by atomic mass is 32.1. The minimum Gasteiger partial charge on any atom is -0.383 e. The fraction of sp³-hybridized carbons (Fsp3) is 0.462. The minimum atomic E-state index is 0.178. The molecule has 0 saturated heterocycles. The maximum absolute atomic E-state index is 5.23. The van der Waals surface area contributed by atoms with Crippen LogP contribution in [-0.4, -0.2) is 32.0 Å². The molecule has 1 aromatic carbocycles. The lowest BCUT2D eigenvalue weighted by Crippen LogP contribution is -2.38. The lowest BCUT2D eigenvalue weighted by atomic mass is 10.2. The molecule has 4 nitrogen and oxygen atoms in total. The monoisotopic (exact) mass is 268 g/mol. The molecule has 1 aromatic rings. The largest absolute Gasteiger partial charge is 0.383 e. The maximum atomic E-state index is 5.23. The molecule has 1 rings (SSSR count). The SMILES string of the molecule is COCc1cccc(NC(=S)NC(C)COC)c1. The van der Waals surface area contributed by atoms with Crippen LogP contribution in [0, 0.1) is 0 Å². The summed E-state index contributed by atoms with van der Waals surface area (Å²) in [5.74, 6) is 0. The molecule has 0 amide bonds. The second-order valence-electron chi connectivity index (χ2n) is 4.09. The standard InChI is InChI=1S/C13H20N2O2S/c1-10(8-16-2)14-13(18)15-12-6-4-5-11(7-12)9-17-3/h4-7,10H,8-9H2,1-3H3,(H2,14,15,18). The summed E-state index contributed by atoms with van der Waals surface area (Å²) < 4.78 is 10.1. The summed E-state index contributed by atoms with van der Waals surface area (Å²) in [6, 6.07) is 8.14. The van der Waals surface area contributed by atoms with E-state index in [2.05, 4.69) is 10.6 Å². The number of benzene rings is 1. The Bertz CT molecular complexity index is 385. The average molecular weight is 268 g/mol. The van der Waals surface area contributed by atoms with Gasteiger partial charge in [-0.1, -0.05) is 12.1 Å². The molecule has 1 unspecified atom stereocenters. The smallest absolute Gasteiger partial charge is 0.171 e. The fourth-order valence-corrected chi connectivity index (χ4v) is 1.91. The lowest BCUT2D eigenvalue weighted by Gasteiger charge is -2.16. The Morgan fingerprint density at radius 2 is 2.11 bits per heavy atom. The van der Waals surface area contributed by atoms with Crippen LogP contribution in [-0.2, 0) is 16.1 Å². The van der Waals surface area contributed by atoms with E-state index in [0.717, 1.165) is 11.3 Å². The average Bonchev–Trinajstić information content (AvgIpc) is 2.29. The zero-order chi connectivity index (χ0) is 13.4. The van der Waals surface area contributed by atoms with Gasteiger partial charge in [-0.3, -0.25) is 0 Å². The first-order chi connectivity index (χ1) is 8.65. The van der Waals surface area contributed by atoms with Crippen LogP contribution < -0.4 is 10.6 Å². The van der Waals surface area contributed by atoms with Crippen molar-refractivity contribution in [2.24, 2.45) is 0 Å². The van der Waals surface area contributed by atoms with Crippen molar-refractivity contribution >= 4 is 23.0 Å². The molecule has 0 aliphatic carbocycles. The molecule has 100 valence electrons. The van der Waals surface area contributed by atoms with Gasteiger partial charge in [-0.25, -0.2) is 0 Å². The molecule has 18 heavy (non-hydrogen) atoms. The lowest BCUT2D eigenvalue weighted by molar-refractivity contribution is 0.179. The van der Waals surface area contributed by atoms with Crippen molar-refractivity contribution in [3.8, 4) is 0 Å². The Labute approximate surface area is 114 Å². The number of nitrogens with one attached hydrogen (secondary N) is 2. The Balaban J connectivity index is 2.50. The third kappa shape index (κ3) is 5.44. The molecular formula is C13H20N2O2S. The van der Waals surface area contributed by atoms with Crippen molar-refractivity contribution in [2.75, 3.05) is 26.1 Å². The second-order valence-corrected chi connectivity index (χ2v) is 4.50. The summed E-state index contributed by atoms with van der Waals surface area (Å²) in [7, 11) is 3.35. The number of thiocarbonyl (C=S) groups is 1. The van der Waals surface area contributed by atoms with E-state index < -0.39 is 0 Å².